The van der Waals surface area contributed by atoms with Crippen molar-refractivity contribution in [2.75, 3.05) is 12.3 Å². The van der Waals surface area contributed by atoms with Crippen LogP contribution in [0.25, 0.3) is 0 Å². The Labute approximate surface area is 120 Å². The van der Waals surface area contributed by atoms with Gasteiger partial charge in [0.25, 0.3) is 0 Å². The van der Waals surface area contributed by atoms with E-state index in [-0.39, 0.29) is 17.8 Å². The van der Waals surface area contributed by atoms with E-state index in [1.54, 1.807) is 12.4 Å². The molecule has 1 aliphatic rings. The van der Waals surface area contributed by atoms with E-state index >= 15 is 0 Å². The van der Waals surface area contributed by atoms with E-state index in [9.17, 15) is 13.5 Å². The third-order valence-electron chi connectivity index (χ3n) is 3.84. The third kappa shape index (κ3) is 4.85. The van der Waals surface area contributed by atoms with Crippen LogP contribution in [0.5, 0.6) is 0 Å². The lowest BCUT2D eigenvalue weighted by atomic mass is 9.87. The molecule has 1 aromatic rings. The van der Waals surface area contributed by atoms with Crippen LogP contribution in [-0.2, 0) is 16.4 Å². The van der Waals surface area contributed by atoms with E-state index in [0.29, 0.717) is 13.0 Å². The van der Waals surface area contributed by atoms with Crippen molar-refractivity contribution in [3.8, 4) is 0 Å². The summed E-state index contributed by atoms with van der Waals surface area (Å²) in [7, 11) is -3.28. The Hall–Kier alpha value is -0.980. The Bertz CT molecular complexity index is 504. The Morgan fingerprint density at radius 2 is 1.95 bits per heavy atom. The molecule has 0 aromatic carbocycles. The average molecular weight is 298 g/mol. The van der Waals surface area contributed by atoms with Crippen LogP contribution in [0.1, 0.15) is 31.2 Å². The van der Waals surface area contributed by atoms with E-state index in [1.807, 2.05) is 12.1 Å². The number of rotatable bonds is 6. The fourth-order valence-electron chi connectivity index (χ4n) is 2.53. The summed E-state index contributed by atoms with van der Waals surface area (Å²) >= 11 is 0. The smallest absolute Gasteiger partial charge is 0.211 e. The quantitative estimate of drug-likeness (QED) is 0.824. The Morgan fingerprint density at radius 1 is 1.25 bits per heavy atom. The second-order valence-corrected chi connectivity index (χ2v) is 7.31. The summed E-state index contributed by atoms with van der Waals surface area (Å²) in [5, 5.41) is 9.83. The van der Waals surface area contributed by atoms with Gasteiger partial charge < -0.3 is 5.11 Å². The van der Waals surface area contributed by atoms with Crippen LogP contribution in [-0.4, -0.2) is 36.9 Å². The Balaban J connectivity index is 1.79. The van der Waals surface area contributed by atoms with Gasteiger partial charge in [0.1, 0.15) is 0 Å². The first-order valence-corrected chi connectivity index (χ1v) is 8.76. The highest BCUT2D eigenvalue weighted by Gasteiger charge is 2.24. The SMILES string of the molecule is O=S(=O)(CCc1ccncc1)NCC1CCCCC1O. The molecule has 0 aliphatic heterocycles. The number of nitrogens with zero attached hydrogens (tertiary/aromatic N) is 1. The molecule has 1 saturated carbocycles. The fraction of sp³-hybridized carbons (Fsp3) is 0.643. The topological polar surface area (TPSA) is 79.3 Å². The molecule has 1 heterocycles. The van der Waals surface area contributed by atoms with Crippen molar-refractivity contribution in [1.29, 1.82) is 0 Å². The number of nitrogens with one attached hydrogen (secondary N) is 1. The maximum Gasteiger partial charge on any atom is 0.211 e. The minimum absolute atomic E-state index is 0.0550. The highest BCUT2D eigenvalue weighted by Crippen LogP contribution is 2.23. The predicted octanol–water partition coefficient (Wildman–Crippen LogP) is 1.09. The van der Waals surface area contributed by atoms with Crippen LogP contribution >= 0.6 is 0 Å². The normalized spacial score (nSPS) is 23.6. The van der Waals surface area contributed by atoms with Crippen molar-refractivity contribution in [1.82, 2.24) is 9.71 Å². The molecule has 1 aliphatic carbocycles. The van der Waals surface area contributed by atoms with Crippen molar-refractivity contribution in [3.05, 3.63) is 30.1 Å². The number of aryl methyl sites for hydroxylation is 1. The second-order valence-electron chi connectivity index (χ2n) is 5.38. The molecule has 0 saturated heterocycles. The van der Waals surface area contributed by atoms with Gasteiger partial charge in [0.2, 0.25) is 10.0 Å². The first-order chi connectivity index (χ1) is 9.57. The molecule has 0 bridgehead atoms. The summed E-state index contributed by atoms with van der Waals surface area (Å²) in [6.45, 7) is 0.347. The summed E-state index contributed by atoms with van der Waals surface area (Å²) < 4.78 is 26.5. The maximum absolute atomic E-state index is 11.9. The van der Waals surface area contributed by atoms with Gasteiger partial charge in [0, 0.05) is 18.9 Å². The van der Waals surface area contributed by atoms with Gasteiger partial charge in [-0.3, -0.25) is 4.98 Å². The van der Waals surface area contributed by atoms with Gasteiger partial charge in [0.15, 0.2) is 0 Å². The van der Waals surface area contributed by atoms with E-state index in [1.165, 1.54) is 0 Å². The standard InChI is InChI=1S/C14H22N2O3S/c17-14-4-2-1-3-13(14)11-16-20(18,19)10-7-12-5-8-15-9-6-12/h5-6,8-9,13-14,16-17H,1-4,7,10-11H2. The molecule has 2 rings (SSSR count). The molecule has 1 aromatic heterocycles. The van der Waals surface area contributed by atoms with Crippen LogP contribution in [0.3, 0.4) is 0 Å². The maximum atomic E-state index is 11.9. The van der Waals surface area contributed by atoms with E-state index < -0.39 is 10.0 Å². The molecule has 6 heteroatoms. The number of sulfonamides is 1. The van der Waals surface area contributed by atoms with Gasteiger partial charge >= 0.3 is 0 Å². The van der Waals surface area contributed by atoms with Crippen molar-refractivity contribution in [2.45, 2.75) is 38.2 Å². The highest BCUT2D eigenvalue weighted by atomic mass is 32.2. The molecule has 20 heavy (non-hydrogen) atoms. The van der Waals surface area contributed by atoms with Crippen LogP contribution < -0.4 is 4.72 Å². The van der Waals surface area contributed by atoms with Crippen LogP contribution in [0.4, 0.5) is 0 Å². The molecule has 0 radical (unpaired) electrons. The van der Waals surface area contributed by atoms with Crippen LogP contribution in [0.2, 0.25) is 0 Å². The predicted molar refractivity (Wildman–Crippen MR) is 77.7 cm³/mol. The minimum atomic E-state index is -3.28. The molecule has 5 nitrogen and oxygen atoms in total. The Morgan fingerprint density at radius 3 is 2.65 bits per heavy atom. The molecule has 112 valence electrons. The van der Waals surface area contributed by atoms with Gasteiger partial charge in [-0.15, -0.1) is 0 Å². The van der Waals surface area contributed by atoms with Gasteiger partial charge in [-0.1, -0.05) is 12.8 Å². The van der Waals surface area contributed by atoms with Gasteiger partial charge in [-0.2, -0.15) is 0 Å². The van der Waals surface area contributed by atoms with E-state index in [4.69, 9.17) is 0 Å². The number of hydrogen-bond donors (Lipinski definition) is 2. The molecule has 2 N–H and O–H groups in total. The summed E-state index contributed by atoms with van der Waals surface area (Å²) in [6, 6.07) is 3.64. The fourth-order valence-corrected chi connectivity index (χ4v) is 3.65. The number of hydrogen-bond acceptors (Lipinski definition) is 4. The lowest BCUT2D eigenvalue weighted by Crippen LogP contribution is -2.37. The molecular formula is C14H22N2O3S. The zero-order valence-electron chi connectivity index (χ0n) is 11.5. The van der Waals surface area contributed by atoms with Crippen molar-refractivity contribution >= 4 is 10.0 Å². The monoisotopic (exact) mass is 298 g/mol. The van der Waals surface area contributed by atoms with Crippen LogP contribution in [0, 0.1) is 5.92 Å². The van der Waals surface area contributed by atoms with Gasteiger partial charge in [-0.25, -0.2) is 13.1 Å². The second kappa shape index (κ2) is 7.15. The lowest BCUT2D eigenvalue weighted by Gasteiger charge is -2.27. The molecule has 2 atom stereocenters. The van der Waals surface area contributed by atoms with Gasteiger partial charge in [-0.05, 0) is 42.9 Å². The third-order valence-corrected chi connectivity index (χ3v) is 5.19. The Kier molecular flexibility index (Phi) is 5.51. The molecule has 0 spiro atoms. The average Bonchev–Trinajstić information content (AvgIpc) is 2.46. The van der Waals surface area contributed by atoms with E-state index in [2.05, 4.69) is 9.71 Å². The number of aromatic nitrogens is 1. The minimum Gasteiger partial charge on any atom is -0.393 e. The molecule has 1 fully saturated rings. The van der Waals surface area contributed by atoms with E-state index in [0.717, 1.165) is 31.2 Å². The summed E-state index contributed by atoms with van der Waals surface area (Å²) in [4.78, 5) is 3.90. The summed E-state index contributed by atoms with van der Waals surface area (Å²) in [5.41, 5.74) is 0.961. The molecule has 0 amide bonds. The number of pyridine rings is 1. The first kappa shape index (κ1) is 15.4. The highest BCUT2D eigenvalue weighted by molar-refractivity contribution is 7.89. The largest absolute Gasteiger partial charge is 0.393 e. The molecular weight excluding hydrogens is 276 g/mol. The number of aliphatic hydroxyl groups is 1. The van der Waals surface area contributed by atoms with Crippen molar-refractivity contribution in [3.63, 3.8) is 0 Å². The number of aliphatic hydroxyl groups excluding tert-OH is 1. The first-order valence-electron chi connectivity index (χ1n) is 7.11. The van der Waals surface area contributed by atoms with Crippen molar-refractivity contribution < 1.29 is 13.5 Å². The van der Waals surface area contributed by atoms with Crippen LogP contribution in [0.15, 0.2) is 24.5 Å². The molecule has 2 unspecified atom stereocenters. The van der Waals surface area contributed by atoms with Gasteiger partial charge in [0.05, 0.1) is 11.9 Å². The zero-order valence-corrected chi connectivity index (χ0v) is 12.3. The summed E-state index contributed by atoms with van der Waals surface area (Å²) in [5.74, 6) is 0.124. The lowest BCUT2D eigenvalue weighted by molar-refractivity contribution is 0.0724. The summed E-state index contributed by atoms with van der Waals surface area (Å²) in [6.07, 6.45) is 7.21. The zero-order chi connectivity index (χ0) is 14.4. The van der Waals surface area contributed by atoms with Crippen molar-refractivity contribution in [2.24, 2.45) is 5.92 Å².